The molecular weight excluding hydrogens is 665 g/mol. The lowest BCUT2D eigenvalue weighted by Crippen LogP contribution is -2.67. The number of ether oxygens (including phenoxy) is 1. The molecule has 8 rings (SSSR count). The third-order valence-corrected chi connectivity index (χ3v) is 11.0. The average Bonchev–Trinajstić information content (AvgIpc) is 3.70. The number of carbonyl (C=O) groups is 1. The summed E-state index contributed by atoms with van der Waals surface area (Å²) >= 11 is 14.2. The van der Waals surface area contributed by atoms with Crippen LogP contribution >= 0.6 is 23.2 Å². The molecule has 1 atom stereocenters. The van der Waals surface area contributed by atoms with Crippen LogP contribution in [0.2, 0.25) is 10.0 Å². The number of hydrogen-bond donors (Lipinski definition) is 2. The number of anilines is 2. The van der Waals surface area contributed by atoms with Crippen LogP contribution in [0.5, 0.6) is 5.88 Å². The van der Waals surface area contributed by atoms with E-state index < -0.39 is 11.2 Å². The molecule has 2 fully saturated rings. The molecule has 5 heterocycles. The summed E-state index contributed by atoms with van der Waals surface area (Å²) < 4.78 is 8.34. The van der Waals surface area contributed by atoms with Crippen LogP contribution < -0.4 is 26.6 Å². The number of nitrogens with one attached hydrogen (secondary N) is 2. The lowest BCUT2D eigenvalue weighted by atomic mass is 9.86. The lowest BCUT2D eigenvalue weighted by molar-refractivity contribution is -0.121. The topological polar surface area (TPSA) is 123 Å². The van der Waals surface area contributed by atoms with Gasteiger partial charge >= 0.3 is 5.69 Å². The zero-order valence-corrected chi connectivity index (χ0v) is 28.7. The highest BCUT2D eigenvalue weighted by Crippen LogP contribution is 2.48. The van der Waals surface area contributed by atoms with Crippen molar-refractivity contribution in [1.82, 2.24) is 29.3 Å². The van der Waals surface area contributed by atoms with Crippen LogP contribution in [0, 0.1) is 0 Å². The van der Waals surface area contributed by atoms with E-state index in [1.54, 1.807) is 26.3 Å². The minimum Gasteiger partial charge on any atom is -0.481 e. The maximum absolute atomic E-state index is 13.1. The van der Waals surface area contributed by atoms with Gasteiger partial charge in [0.05, 0.1) is 39.6 Å². The Morgan fingerprint density at radius 3 is 2.43 bits per heavy atom. The van der Waals surface area contributed by atoms with Crippen LogP contribution in [0.3, 0.4) is 0 Å². The maximum atomic E-state index is 13.1. The monoisotopic (exact) mass is 697 g/mol. The zero-order chi connectivity index (χ0) is 34.2. The molecule has 1 unspecified atom stereocenters. The molecule has 11 nitrogen and oxygen atoms in total. The van der Waals surface area contributed by atoms with E-state index in [1.807, 2.05) is 30.3 Å². The van der Waals surface area contributed by atoms with Gasteiger partial charge in [-0.2, -0.15) is 0 Å². The largest absolute Gasteiger partial charge is 0.481 e. The molecule has 49 heavy (non-hydrogen) atoms. The van der Waals surface area contributed by atoms with Crippen LogP contribution in [-0.2, 0) is 25.3 Å². The van der Waals surface area contributed by atoms with E-state index in [0.29, 0.717) is 50.4 Å². The first-order valence-electron chi connectivity index (χ1n) is 16.1. The molecule has 2 aromatic carbocycles. The minimum absolute atomic E-state index is 0.0925. The van der Waals surface area contributed by atoms with Gasteiger partial charge in [0.25, 0.3) is 5.56 Å². The van der Waals surface area contributed by atoms with Crippen molar-refractivity contribution in [1.29, 1.82) is 0 Å². The van der Waals surface area contributed by atoms with E-state index in [1.165, 1.54) is 23.4 Å². The van der Waals surface area contributed by atoms with Gasteiger partial charge in [0.1, 0.15) is 11.2 Å². The molecule has 0 radical (unpaired) electrons. The van der Waals surface area contributed by atoms with Crippen molar-refractivity contribution >= 4 is 51.5 Å². The van der Waals surface area contributed by atoms with Crippen molar-refractivity contribution in [2.75, 3.05) is 25.5 Å². The van der Waals surface area contributed by atoms with Crippen LogP contribution in [0.15, 0.2) is 64.3 Å². The Labute approximate surface area is 291 Å². The zero-order valence-electron chi connectivity index (χ0n) is 27.1. The number of benzene rings is 2. The number of nitrogens with zero attached hydrogens (tertiary/aromatic N) is 5. The van der Waals surface area contributed by atoms with Crippen molar-refractivity contribution in [3.63, 3.8) is 0 Å². The third-order valence-electron chi connectivity index (χ3n) is 10.2. The number of fused-ring (bicyclic) bond motifs is 2. The standard InChI is InChI=1S/C36H33Cl2N7O4/c1-43-25-13-15-39-32(29(25)34(47)44(2)35(43)48)40-23-9-5-7-21(31(23)38)20-6-4-8-22(30(20)37)24-16-19-10-11-26(28(19)33(41-24)49-3)45-17-36(18-45)14-12-27(46)42-36/h4-9,13,15-16,26H,10-12,14,17-18H2,1-3H3,(H,39,40)(H,42,46). The number of pyridine rings is 2. The molecule has 250 valence electrons. The molecule has 1 aliphatic carbocycles. The van der Waals surface area contributed by atoms with Gasteiger partial charge in [-0.1, -0.05) is 53.5 Å². The molecule has 3 aliphatic rings. The van der Waals surface area contributed by atoms with Gasteiger partial charge in [-0.15, -0.1) is 0 Å². The normalized spacial score (nSPS) is 18.1. The number of aryl methyl sites for hydroxylation is 2. The van der Waals surface area contributed by atoms with E-state index in [4.69, 9.17) is 32.9 Å². The average molecular weight is 699 g/mol. The highest BCUT2D eigenvalue weighted by atomic mass is 35.5. The molecule has 2 saturated heterocycles. The second-order valence-electron chi connectivity index (χ2n) is 13.1. The van der Waals surface area contributed by atoms with Crippen LogP contribution in [-0.4, -0.2) is 55.6 Å². The van der Waals surface area contributed by atoms with Crippen molar-refractivity contribution in [3.8, 4) is 28.3 Å². The fraction of sp³-hybridized carbons (Fsp3) is 0.306. The maximum Gasteiger partial charge on any atom is 0.330 e. The Balaban J connectivity index is 1.13. The summed E-state index contributed by atoms with van der Waals surface area (Å²) in [6.07, 6.45) is 4.87. The summed E-state index contributed by atoms with van der Waals surface area (Å²) in [5.41, 5.74) is 5.12. The number of hydrogen-bond acceptors (Lipinski definition) is 8. The molecule has 13 heteroatoms. The Morgan fingerprint density at radius 1 is 0.959 bits per heavy atom. The molecule has 2 N–H and O–H groups in total. The van der Waals surface area contributed by atoms with Gasteiger partial charge in [-0.05, 0) is 43.0 Å². The van der Waals surface area contributed by atoms with Crippen LogP contribution in [0.1, 0.15) is 36.4 Å². The molecule has 1 spiro atoms. The quantitative estimate of drug-likeness (QED) is 0.243. The fourth-order valence-corrected chi connectivity index (χ4v) is 8.32. The Kier molecular flexibility index (Phi) is 7.54. The number of halogens is 2. The molecule has 0 saturated carbocycles. The van der Waals surface area contributed by atoms with Gasteiger partial charge in [-0.25, -0.2) is 14.8 Å². The Hall–Kier alpha value is -4.71. The molecule has 1 amide bonds. The van der Waals surface area contributed by atoms with Crippen molar-refractivity contribution in [2.24, 2.45) is 14.1 Å². The summed E-state index contributed by atoms with van der Waals surface area (Å²) in [5.74, 6) is 1.01. The summed E-state index contributed by atoms with van der Waals surface area (Å²) in [6, 6.07) is 15.2. The van der Waals surface area contributed by atoms with E-state index in [0.717, 1.165) is 48.0 Å². The van der Waals surface area contributed by atoms with Gasteiger partial charge in [-0.3, -0.25) is 23.6 Å². The molecule has 2 aliphatic heterocycles. The predicted octanol–water partition coefficient (Wildman–Crippen LogP) is 5.37. The van der Waals surface area contributed by atoms with E-state index >= 15 is 0 Å². The van der Waals surface area contributed by atoms with Gasteiger partial charge in [0.15, 0.2) is 0 Å². The molecule has 5 aromatic rings. The lowest BCUT2D eigenvalue weighted by Gasteiger charge is -2.50. The first-order chi connectivity index (χ1) is 23.6. The number of amides is 1. The summed E-state index contributed by atoms with van der Waals surface area (Å²) in [7, 11) is 4.69. The second-order valence-corrected chi connectivity index (χ2v) is 13.9. The third kappa shape index (κ3) is 5.02. The van der Waals surface area contributed by atoms with Crippen molar-refractivity contribution in [3.05, 3.63) is 96.7 Å². The van der Waals surface area contributed by atoms with Gasteiger partial charge in [0, 0.05) is 68.1 Å². The molecular formula is C36H33Cl2N7O4. The summed E-state index contributed by atoms with van der Waals surface area (Å²) in [6.45, 7) is 1.67. The summed E-state index contributed by atoms with van der Waals surface area (Å²) in [4.78, 5) is 49.3. The molecule has 3 aromatic heterocycles. The fourth-order valence-electron chi connectivity index (χ4n) is 7.72. The number of likely N-dealkylation sites (tertiary alicyclic amines) is 1. The second kappa shape index (κ2) is 11.7. The van der Waals surface area contributed by atoms with Gasteiger partial charge < -0.3 is 15.4 Å². The first-order valence-corrected chi connectivity index (χ1v) is 16.9. The summed E-state index contributed by atoms with van der Waals surface area (Å²) in [5, 5.41) is 7.54. The van der Waals surface area contributed by atoms with Crippen molar-refractivity contribution in [2.45, 2.75) is 37.3 Å². The van der Waals surface area contributed by atoms with Crippen LogP contribution in [0.25, 0.3) is 33.3 Å². The first kappa shape index (κ1) is 31.6. The number of rotatable bonds is 6. The Morgan fingerprint density at radius 2 is 1.69 bits per heavy atom. The predicted molar refractivity (Wildman–Crippen MR) is 190 cm³/mol. The van der Waals surface area contributed by atoms with Crippen LogP contribution in [0.4, 0.5) is 11.5 Å². The number of methoxy groups -OCH3 is 1. The Bertz CT molecular complexity index is 2330. The number of aromatic nitrogens is 4. The minimum atomic E-state index is -0.462. The molecule has 0 bridgehead atoms. The van der Waals surface area contributed by atoms with E-state index in [2.05, 4.69) is 26.6 Å². The smallest absolute Gasteiger partial charge is 0.330 e. The van der Waals surface area contributed by atoms with E-state index in [9.17, 15) is 14.4 Å². The van der Waals surface area contributed by atoms with Crippen molar-refractivity contribution < 1.29 is 9.53 Å². The highest BCUT2D eigenvalue weighted by Gasteiger charge is 2.51. The van der Waals surface area contributed by atoms with E-state index in [-0.39, 0.29) is 28.7 Å². The number of carbonyl (C=O) groups excluding carboxylic acids is 1. The highest BCUT2D eigenvalue weighted by molar-refractivity contribution is 6.39. The van der Waals surface area contributed by atoms with Gasteiger partial charge in [0.2, 0.25) is 11.8 Å². The SMILES string of the molecule is COc1nc(-c2cccc(-c3cccc(Nc4nccc5c4c(=O)n(C)c(=O)n5C)c3Cl)c2Cl)cc2c1C(N1CC3(CCC(=O)N3)C1)CC2.